The number of rotatable bonds is 1. The summed E-state index contributed by atoms with van der Waals surface area (Å²) in [6.45, 7) is 0. The Balaban J connectivity index is 2.12. The first-order chi connectivity index (χ1) is 8.06. The maximum Gasteiger partial charge on any atom is 0.169 e. The van der Waals surface area contributed by atoms with Crippen LogP contribution in [0.25, 0.3) is 5.65 Å². The molecule has 1 fully saturated rings. The van der Waals surface area contributed by atoms with Gasteiger partial charge in [0.1, 0.15) is 5.25 Å². The van der Waals surface area contributed by atoms with E-state index >= 15 is 0 Å². The van der Waals surface area contributed by atoms with Gasteiger partial charge in [0.15, 0.2) is 21.3 Å². The lowest BCUT2D eigenvalue weighted by molar-refractivity contribution is 0.588. The first-order valence-corrected chi connectivity index (χ1v) is 7.39. The summed E-state index contributed by atoms with van der Waals surface area (Å²) < 4.78 is 25.1. The van der Waals surface area contributed by atoms with Crippen LogP contribution in [0.15, 0.2) is 18.3 Å². The average molecular weight is 272 g/mol. The minimum atomic E-state index is -3.07. The number of nitrogens with zero attached hydrogens (tertiary/aromatic N) is 3. The average Bonchev–Trinajstić information content (AvgIpc) is 2.79. The lowest BCUT2D eigenvalue weighted by Crippen LogP contribution is -2.09. The van der Waals surface area contributed by atoms with Gasteiger partial charge in [0.05, 0.1) is 10.8 Å². The minimum absolute atomic E-state index is 0.230. The maximum atomic E-state index is 11.8. The highest BCUT2D eigenvalue weighted by atomic mass is 35.5. The van der Waals surface area contributed by atoms with Gasteiger partial charge in [-0.2, -0.15) is 0 Å². The van der Waals surface area contributed by atoms with Gasteiger partial charge in [-0.15, -0.1) is 5.10 Å². The smallest absolute Gasteiger partial charge is 0.169 e. The molecule has 3 rings (SSSR count). The zero-order chi connectivity index (χ0) is 12.0. The number of hydrogen-bond acceptors (Lipinski definition) is 4. The molecule has 17 heavy (non-hydrogen) atoms. The standard InChI is InChI=1S/C10H10ClN3O2S/c11-7-3-4-9-12-10(13-14(9)6-7)8-2-1-5-17(8,15)16/h3-4,6,8H,1-2,5H2. The Morgan fingerprint density at radius 3 is 2.94 bits per heavy atom. The highest BCUT2D eigenvalue weighted by Crippen LogP contribution is 2.32. The molecule has 0 amide bonds. The molecule has 0 bridgehead atoms. The molecule has 1 aliphatic heterocycles. The summed E-state index contributed by atoms with van der Waals surface area (Å²) in [5.41, 5.74) is 0.617. The molecule has 0 spiro atoms. The van der Waals surface area contributed by atoms with Crippen molar-refractivity contribution in [1.29, 1.82) is 0 Å². The van der Waals surface area contributed by atoms with Crippen LogP contribution in [0.4, 0.5) is 0 Å². The van der Waals surface area contributed by atoms with Gasteiger partial charge in [0.2, 0.25) is 0 Å². The van der Waals surface area contributed by atoms with Crippen LogP contribution in [0.1, 0.15) is 23.9 Å². The SMILES string of the molecule is O=S1(=O)CCCC1c1nc2ccc(Cl)cn2n1. The van der Waals surface area contributed by atoms with E-state index in [4.69, 9.17) is 11.6 Å². The Morgan fingerprint density at radius 1 is 1.41 bits per heavy atom. The summed E-state index contributed by atoms with van der Waals surface area (Å²) in [6, 6.07) is 3.43. The third kappa shape index (κ3) is 1.81. The number of pyridine rings is 1. The molecule has 1 unspecified atom stereocenters. The molecule has 1 saturated heterocycles. The summed E-state index contributed by atoms with van der Waals surface area (Å²) >= 11 is 5.84. The van der Waals surface area contributed by atoms with Crippen molar-refractivity contribution in [2.45, 2.75) is 18.1 Å². The summed E-state index contributed by atoms with van der Waals surface area (Å²) in [6.07, 6.45) is 2.91. The van der Waals surface area contributed by atoms with E-state index in [0.29, 0.717) is 29.3 Å². The molecule has 5 nitrogen and oxygen atoms in total. The number of sulfone groups is 1. The van der Waals surface area contributed by atoms with Gasteiger partial charge in [-0.25, -0.2) is 17.9 Å². The number of hydrogen-bond donors (Lipinski definition) is 0. The highest BCUT2D eigenvalue weighted by molar-refractivity contribution is 7.91. The highest BCUT2D eigenvalue weighted by Gasteiger charge is 2.35. The van der Waals surface area contributed by atoms with Crippen LogP contribution < -0.4 is 0 Å². The molecule has 2 aromatic heterocycles. The summed E-state index contributed by atoms with van der Waals surface area (Å²) in [7, 11) is -3.07. The van der Waals surface area contributed by atoms with Gasteiger partial charge in [-0.3, -0.25) is 0 Å². The van der Waals surface area contributed by atoms with E-state index in [1.807, 2.05) is 0 Å². The molecule has 0 aliphatic carbocycles. The van der Waals surface area contributed by atoms with Crippen LogP contribution in [0.3, 0.4) is 0 Å². The van der Waals surface area contributed by atoms with Crippen LogP contribution in [0.2, 0.25) is 5.02 Å². The monoisotopic (exact) mass is 271 g/mol. The van der Waals surface area contributed by atoms with Gasteiger partial charge in [0.25, 0.3) is 0 Å². The minimum Gasteiger partial charge on any atom is -0.228 e. The second-order valence-corrected chi connectivity index (χ2v) is 6.86. The third-order valence-electron chi connectivity index (χ3n) is 2.93. The van der Waals surface area contributed by atoms with E-state index in [1.165, 1.54) is 4.52 Å². The van der Waals surface area contributed by atoms with E-state index < -0.39 is 15.1 Å². The summed E-state index contributed by atoms with van der Waals surface area (Å²) in [5, 5.41) is 4.18. The predicted octanol–water partition coefficient (Wildman–Crippen LogP) is 1.63. The van der Waals surface area contributed by atoms with Gasteiger partial charge < -0.3 is 0 Å². The number of aromatic nitrogens is 3. The normalized spacial score (nSPS) is 23.2. The van der Waals surface area contributed by atoms with Crippen molar-refractivity contribution in [3.8, 4) is 0 Å². The van der Waals surface area contributed by atoms with Crippen LogP contribution >= 0.6 is 11.6 Å². The van der Waals surface area contributed by atoms with Gasteiger partial charge in [-0.05, 0) is 25.0 Å². The Kier molecular flexibility index (Phi) is 2.38. The fourth-order valence-corrected chi connectivity index (χ4v) is 4.05. The quantitative estimate of drug-likeness (QED) is 0.791. The topological polar surface area (TPSA) is 64.3 Å². The molecule has 90 valence electrons. The van der Waals surface area contributed by atoms with Crippen molar-refractivity contribution < 1.29 is 8.42 Å². The van der Waals surface area contributed by atoms with E-state index in [0.717, 1.165) is 0 Å². The summed E-state index contributed by atoms with van der Waals surface area (Å²) in [4.78, 5) is 4.25. The molecule has 1 atom stereocenters. The molecule has 0 N–H and O–H groups in total. The Bertz CT molecular complexity index is 680. The predicted molar refractivity (Wildman–Crippen MR) is 63.8 cm³/mol. The molecule has 7 heteroatoms. The van der Waals surface area contributed by atoms with Crippen molar-refractivity contribution in [2.24, 2.45) is 0 Å². The lowest BCUT2D eigenvalue weighted by atomic mass is 10.2. The molecule has 0 aromatic carbocycles. The molecule has 0 saturated carbocycles. The van der Waals surface area contributed by atoms with Crippen LogP contribution in [0, 0.1) is 0 Å². The number of fused-ring (bicyclic) bond motifs is 1. The van der Waals surface area contributed by atoms with Gasteiger partial charge >= 0.3 is 0 Å². The first-order valence-electron chi connectivity index (χ1n) is 5.30. The number of halogens is 1. The van der Waals surface area contributed by atoms with Crippen molar-refractivity contribution in [2.75, 3.05) is 5.75 Å². The molecule has 2 aromatic rings. The molecule has 0 radical (unpaired) electrons. The Morgan fingerprint density at radius 2 is 2.24 bits per heavy atom. The largest absolute Gasteiger partial charge is 0.228 e. The molecule has 1 aliphatic rings. The van der Waals surface area contributed by atoms with Crippen molar-refractivity contribution in [3.05, 3.63) is 29.2 Å². The van der Waals surface area contributed by atoms with Gasteiger partial charge in [0, 0.05) is 6.20 Å². The van der Waals surface area contributed by atoms with E-state index in [-0.39, 0.29) is 5.75 Å². The lowest BCUT2D eigenvalue weighted by Gasteiger charge is -2.02. The second kappa shape index (κ2) is 3.68. The van der Waals surface area contributed by atoms with E-state index in [9.17, 15) is 8.42 Å². The fourth-order valence-electron chi connectivity index (χ4n) is 2.09. The van der Waals surface area contributed by atoms with E-state index in [1.54, 1.807) is 18.3 Å². The van der Waals surface area contributed by atoms with Crippen molar-refractivity contribution in [3.63, 3.8) is 0 Å². The Labute approximate surface area is 103 Å². The van der Waals surface area contributed by atoms with Crippen LogP contribution in [0.5, 0.6) is 0 Å². The second-order valence-electron chi connectivity index (χ2n) is 4.12. The van der Waals surface area contributed by atoms with Crippen LogP contribution in [-0.4, -0.2) is 28.8 Å². The summed E-state index contributed by atoms with van der Waals surface area (Å²) in [5.74, 6) is 0.610. The molecule has 3 heterocycles. The van der Waals surface area contributed by atoms with E-state index in [2.05, 4.69) is 10.1 Å². The van der Waals surface area contributed by atoms with Crippen molar-refractivity contribution in [1.82, 2.24) is 14.6 Å². The first kappa shape index (κ1) is 11.0. The van der Waals surface area contributed by atoms with Gasteiger partial charge in [-0.1, -0.05) is 11.6 Å². The third-order valence-corrected chi connectivity index (χ3v) is 5.32. The molecular weight excluding hydrogens is 262 g/mol. The van der Waals surface area contributed by atoms with Crippen LogP contribution in [-0.2, 0) is 9.84 Å². The fraction of sp³-hybridized carbons (Fsp3) is 0.400. The molecular formula is C10H10ClN3O2S. The zero-order valence-electron chi connectivity index (χ0n) is 8.88. The zero-order valence-corrected chi connectivity index (χ0v) is 10.4. The van der Waals surface area contributed by atoms with Crippen molar-refractivity contribution >= 4 is 27.1 Å². The Hall–Kier alpha value is -1.14. The maximum absolute atomic E-state index is 11.8.